The van der Waals surface area contributed by atoms with Crippen LogP contribution in [0.15, 0.2) is 65.5 Å². The van der Waals surface area contributed by atoms with E-state index in [4.69, 9.17) is 5.73 Å². The van der Waals surface area contributed by atoms with E-state index in [1.54, 1.807) is 6.07 Å². The predicted octanol–water partition coefficient (Wildman–Crippen LogP) is 2.48. The van der Waals surface area contributed by atoms with Crippen molar-refractivity contribution in [2.24, 2.45) is 5.73 Å². The van der Waals surface area contributed by atoms with Crippen molar-refractivity contribution in [2.75, 3.05) is 25.5 Å². The van der Waals surface area contributed by atoms with Gasteiger partial charge in [-0.1, -0.05) is 24.3 Å². The number of pyridine rings is 1. The van der Waals surface area contributed by atoms with Crippen molar-refractivity contribution in [2.45, 2.75) is 6.54 Å². The molecule has 29 heavy (non-hydrogen) atoms. The second-order valence-electron chi connectivity index (χ2n) is 6.65. The molecule has 8 heteroatoms. The Morgan fingerprint density at radius 3 is 2.59 bits per heavy atom. The van der Waals surface area contributed by atoms with Gasteiger partial charge in [0.15, 0.2) is 0 Å². The highest BCUT2D eigenvalue weighted by atomic mass is 19.1. The normalized spacial score (nSPS) is 11.9. The van der Waals surface area contributed by atoms with Gasteiger partial charge in [0.25, 0.3) is 0 Å². The molecule has 0 aliphatic carbocycles. The smallest absolute Gasteiger partial charge is 0.351 e. The number of hydrogen-bond acceptors (Lipinski definition) is 5. The van der Waals surface area contributed by atoms with E-state index in [2.05, 4.69) is 10.1 Å². The first kappa shape index (κ1) is 20.2. The van der Waals surface area contributed by atoms with Crippen LogP contribution in [0.1, 0.15) is 11.3 Å². The number of halogens is 1. The van der Waals surface area contributed by atoms with Crippen LogP contribution in [0, 0.1) is 0 Å². The third-order valence-electron chi connectivity index (χ3n) is 4.36. The second kappa shape index (κ2) is 9.11. The number of nitrogens with zero attached hydrogens (tertiary/aromatic N) is 5. The van der Waals surface area contributed by atoms with Crippen molar-refractivity contribution in [3.63, 3.8) is 0 Å². The largest absolute Gasteiger partial charge is 0.378 e. The van der Waals surface area contributed by atoms with Gasteiger partial charge < -0.3 is 10.6 Å². The van der Waals surface area contributed by atoms with Gasteiger partial charge >= 0.3 is 5.69 Å². The van der Waals surface area contributed by atoms with E-state index in [1.165, 1.54) is 10.9 Å². The Morgan fingerprint density at radius 2 is 1.93 bits per heavy atom. The molecular weight excluding hydrogens is 371 g/mol. The van der Waals surface area contributed by atoms with Gasteiger partial charge in [-0.15, -0.1) is 0 Å². The molecular formula is C21H23FN6O. The lowest BCUT2D eigenvalue weighted by Crippen LogP contribution is -2.26. The van der Waals surface area contributed by atoms with Gasteiger partial charge in [-0.2, -0.15) is 5.10 Å². The predicted molar refractivity (Wildman–Crippen MR) is 114 cm³/mol. The van der Waals surface area contributed by atoms with E-state index in [0.29, 0.717) is 17.8 Å². The highest BCUT2D eigenvalue weighted by Gasteiger charge is 2.09. The van der Waals surface area contributed by atoms with Crippen molar-refractivity contribution in [3.05, 3.63) is 82.4 Å². The molecule has 0 radical (unpaired) electrons. The van der Waals surface area contributed by atoms with Crippen LogP contribution in [0.3, 0.4) is 0 Å². The van der Waals surface area contributed by atoms with Crippen LogP contribution in [0.4, 0.5) is 10.1 Å². The van der Waals surface area contributed by atoms with Gasteiger partial charge in [0.05, 0.1) is 18.6 Å². The zero-order valence-electron chi connectivity index (χ0n) is 16.4. The molecule has 1 aromatic carbocycles. The molecule has 2 N–H and O–H groups in total. The molecule has 0 fully saturated rings. The van der Waals surface area contributed by atoms with Crippen LogP contribution >= 0.6 is 0 Å². The Hall–Kier alpha value is -3.52. The summed E-state index contributed by atoms with van der Waals surface area (Å²) in [5.74, 6) is 0.435. The quantitative estimate of drug-likeness (QED) is 0.666. The monoisotopic (exact) mass is 394 g/mol. The lowest BCUT2D eigenvalue weighted by molar-refractivity contribution is 0.612. The summed E-state index contributed by atoms with van der Waals surface area (Å²) in [5, 5.41) is 4.02. The van der Waals surface area contributed by atoms with E-state index in [9.17, 15) is 9.18 Å². The zero-order valence-corrected chi connectivity index (χ0v) is 16.4. The van der Waals surface area contributed by atoms with Gasteiger partial charge in [0.2, 0.25) is 0 Å². The Balaban J connectivity index is 1.81. The van der Waals surface area contributed by atoms with Gasteiger partial charge in [-0.05, 0) is 41.5 Å². The molecule has 0 saturated heterocycles. The van der Waals surface area contributed by atoms with Crippen LogP contribution in [0.25, 0.3) is 18.0 Å². The number of anilines is 1. The zero-order chi connectivity index (χ0) is 20.8. The Morgan fingerprint density at radius 1 is 1.17 bits per heavy atom. The molecule has 2 aromatic heterocycles. The summed E-state index contributed by atoms with van der Waals surface area (Å²) >= 11 is 0. The summed E-state index contributed by atoms with van der Waals surface area (Å²) in [6.45, 7) is 0.0191. The van der Waals surface area contributed by atoms with Crippen molar-refractivity contribution >= 4 is 17.8 Å². The van der Waals surface area contributed by atoms with E-state index in [0.717, 1.165) is 15.9 Å². The third-order valence-corrected chi connectivity index (χ3v) is 4.36. The first-order valence-electron chi connectivity index (χ1n) is 9.07. The van der Waals surface area contributed by atoms with Crippen LogP contribution in [-0.4, -0.2) is 40.0 Å². The Bertz CT molecular complexity index is 1080. The molecule has 0 unspecified atom stereocenters. The van der Waals surface area contributed by atoms with Crippen LogP contribution in [0.2, 0.25) is 0 Å². The maximum Gasteiger partial charge on any atom is 0.351 e. The standard InChI is InChI=1S/C21H23FN6O/c1-26(2)19-10-7-16(8-11-19)6-9-18-4-3-5-20(25-18)27-15-24-28(21(27)29)14-17(12-22)13-23/h3-12,15H,13-14,23H2,1-2H3/b9-6+,17-12+. The summed E-state index contributed by atoms with van der Waals surface area (Å²) in [6, 6.07) is 13.5. The van der Waals surface area contributed by atoms with E-state index < -0.39 is 5.69 Å². The molecule has 150 valence electrons. The minimum atomic E-state index is -0.411. The maximum atomic E-state index is 12.7. The SMILES string of the molecule is CN(C)c1ccc(/C=C/c2cccc(-n3cnn(C/C(=C/F)CN)c3=O)n2)cc1. The fourth-order valence-corrected chi connectivity index (χ4v) is 2.67. The molecule has 3 aromatic rings. The molecule has 0 spiro atoms. The fourth-order valence-electron chi connectivity index (χ4n) is 2.67. The van der Waals surface area contributed by atoms with E-state index in [1.807, 2.05) is 67.5 Å². The first-order valence-corrected chi connectivity index (χ1v) is 9.07. The van der Waals surface area contributed by atoms with Gasteiger partial charge in [-0.3, -0.25) is 0 Å². The number of rotatable bonds is 7. The number of benzene rings is 1. The molecule has 0 saturated carbocycles. The molecule has 0 atom stereocenters. The molecule has 0 aliphatic heterocycles. The van der Waals surface area contributed by atoms with Gasteiger partial charge in [0.1, 0.15) is 12.1 Å². The highest BCUT2D eigenvalue weighted by Crippen LogP contribution is 2.14. The number of nitrogens with two attached hydrogens (primary N) is 1. The minimum absolute atomic E-state index is 0.00136. The van der Waals surface area contributed by atoms with Gasteiger partial charge in [0, 0.05) is 26.3 Å². The summed E-state index contributed by atoms with van der Waals surface area (Å²) in [5.41, 5.74) is 8.18. The molecule has 0 aliphatic rings. The van der Waals surface area contributed by atoms with E-state index >= 15 is 0 Å². The van der Waals surface area contributed by atoms with Crippen LogP contribution in [-0.2, 0) is 6.54 Å². The minimum Gasteiger partial charge on any atom is -0.378 e. The summed E-state index contributed by atoms with van der Waals surface area (Å²) in [7, 11) is 3.99. The lowest BCUT2D eigenvalue weighted by atomic mass is 10.1. The van der Waals surface area contributed by atoms with Crippen LogP contribution < -0.4 is 16.3 Å². The average molecular weight is 394 g/mol. The second-order valence-corrected chi connectivity index (χ2v) is 6.65. The highest BCUT2D eigenvalue weighted by molar-refractivity contribution is 5.69. The summed E-state index contributed by atoms with van der Waals surface area (Å²) in [4.78, 5) is 19.1. The Labute approximate surface area is 168 Å². The van der Waals surface area contributed by atoms with Crippen LogP contribution in [0.5, 0.6) is 0 Å². The molecule has 2 heterocycles. The maximum absolute atomic E-state index is 12.7. The number of aromatic nitrogens is 4. The molecule has 0 bridgehead atoms. The number of hydrogen-bond donors (Lipinski definition) is 1. The summed E-state index contributed by atoms with van der Waals surface area (Å²) < 4.78 is 15.2. The Kier molecular flexibility index (Phi) is 6.36. The third kappa shape index (κ3) is 4.85. The molecule has 0 amide bonds. The first-order chi connectivity index (χ1) is 14.0. The van der Waals surface area contributed by atoms with Gasteiger partial charge in [-0.25, -0.2) is 23.4 Å². The molecule has 3 rings (SSSR count). The topological polar surface area (TPSA) is 82.0 Å². The van der Waals surface area contributed by atoms with Crippen molar-refractivity contribution in [3.8, 4) is 5.82 Å². The summed E-state index contributed by atoms with van der Waals surface area (Å²) in [6.07, 6.45) is 5.60. The van der Waals surface area contributed by atoms with Crippen molar-refractivity contribution in [1.82, 2.24) is 19.3 Å². The van der Waals surface area contributed by atoms with Crippen molar-refractivity contribution in [1.29, 1.82) is 0 Å². The average Bonchev–Trinajstić information content (AvgIpc) is 3.11. The fraction of sp³-hybridized carbons (Fsp3) is 0.190. The van der Waals surface area contributed by atoms with E-state index in [-0.39, 0.29) is 18.7 Å². The lowest BCUT2D eigenvalue weighted by Gasteiger charge is -2.11. The van der Waals surface area contributed by atoms with Crippen molar-refractivity contribution < 1.29 is 4.39 Å². The molecule has 7 nitrogen and oxygen atoms in total.